The van der Waals surface area contributed by atoms with E-state index in [0.29, 0.717) is 11.5 Å². The molecule has 2 aliphatic rings. The van der Waals surface area contributed by atoms with Crippen LogP contribution in [0.5, 0.6) is 0 Å². The number of nitrogens with one attached hydrogen (secondary N) is 1. The molecular weight excluding hydrogens is 200 g/mol. The lowest BCUT2D eigenvalue weighted by atomic mass is 9.86. The predicted molar refractivity (Wildman–Crippen MR) is 64.9 cm³/mol. The van der Waals surface area contributed by atoms with E-state index in [2.05, 4.69) is 12.2 Å². The normalized spacial score (nSPS) is 28.8. The second-order valence-electron chi connectivity index (χ2n) is 5.58. The van der Waals surface area contributed by atoms with Crippen molar-refractivity contribution in [3.63, 3.8) is 0 Å². The Morgan fingerprint density at radius 3 is 2.75 bits per heavy atom. The van der Waals surface area contributed by atoms with Crippen LogP contribution in [-0.2, 0) is 4.79 Å². The summed E-state index contributed by atoms with van der Waals surface area (Å²) in [4.78, 5) is 11.8. The van der Waals surface area contributed by atoms with Gasteiger partial charge in [0.15, 0.2) is 0 Å². The van der Waals surface area contributed by atoms with E-state index < -0.39 is 0 Å². The Bertz CT molecular complexity index is 259. The van der Waals surface area contributed by atoms with E-state index in [4.69, 9.17) is 5.73 Å². The molecule has 0 radical (unpaired) electrons. The summed E-state index contributed by atoms with van der Waals surface area (Å²) < 4.78 is 0. The lowest BCUT2D eigenvalue weighted by Gasteiger charge is -2.23. The molecule has 0 bridgehead atoms. The van der Waals surface area contributed by atoms with E-state index >= 15 is 0 Å². The number of nitrogens with two attached hydrogens (primary N) is 1. The molecule has 0 aliphatic heterocycles. The molecule has 1 spiro atoms. The van der Waals surface area contributed by atoms with Gasteiger partial charge in [-0.1, -0.05) is 32.6 Å². The lowest BCUT2D eigenvalue weighted by Crippen LogP contribution is -2.42. The summed E-state index contributed by atoms with van der Waals surface area (Å²) in [6.07, 6.45) is 9.63. The molecule has 2 atom stereocenters. The molecule has 3 nitrogen and oxygen atoms in total. The Morgan fingerprint density at radius 2 is 2.12 bits per heavy atom. The second kappa shape index (κ2) is 4.74. The minimum Gasteiger partial charge on any atom is -0.351 e. The Hall–Kier alpha value is -0.570. The highest BCUT2D eigenvalue weighted by Crippen LogP contribution is 2.56. The summed E-state index contributed by atoms with van der Waals surface area (Å²) in [7, 11) is 0. The molecule has 0 aromatic carbocycles. The van der Waals surface area contributed by atoms with Crippen LogP contribution in [0.2, 0.25) is 0 Å². The van der Waals surface area contributed by atoms with Crippen LogP contribution in [0.3, 0.4) is 0 Å². The van der Waals surface area contributed by atoms with Crippen LogP contribution >= 0.6 is 0 Å². The van der Waals surface area contributed by atoms with Crippen LogP contribution in [0.25, 0.3) is 0 Å². The fourth-order valence-electron chi connectivity index (χ4n) is 3.08. The first-order valence-corrected chi connectivity index (χ1v) is 6.74. The van der Waals surface area contributed by atoms with Crippen LogP contribution in [0.15, 0.2) is 0 Å². The molecule has 16 heavy (non-hydrogen) atoms. The van der Waals surface area contributed by atoms with Gasteiger partial charge in [-0.3, -0.25) is 4.79 Å². The van der Waals surface area contributed by atoms with E-state index in [1.165, 1.54) is 38.5 Å². The summed E-state index contributed by atoms with van der Waals surface area (Å²) in [6.45, 7) is 2.06. The van der Waals surface area contributed by atoms with Crippen LogP contribution in [0, 0.1) is 5.41 Å². The van der Waals surface area contributed by atoms with Crippen molar-refractivity contribution in [2.24, 2.45) is 11.1 Å². The molecule has 0 saturated heterocycles. The first kappa shape index (κ1) is 11.9. The zero-order chi connectivity index (χ0) is 11.6. The Morgan fingerprint density at radius 1 is 1.44 bits per heavy atom. The van der Waals surface area contributed by atoms with E-state index in [1.54, 1.807) is 0 Å². The molecule has 2 saturated carbocycles. The summed E-state index contributed by atoms with van der Waals surface area (Å²) in [5.74, 6) is 0.0642. The Kier molecular flexibility index (Phi) is 3.53. The fourth-order valence-corrected chi connectivity index (χ4v) is 3.08. The second-order valence-corrected chi connectivity index (χ2v) is 5.58. The van der Waals surface area contributed by atoms with Gasteiger partial charge in [0.1, 0.15) is 0 Å². The number of rotatable bonds is 4. The summed E-state index contributed by atoms with van der Waals surface area (Å²) in [6, 6.07) is 0.134. The summed E-state index contributed by atoms with van der Waals surface area (Å²) in [5, 5.41) is 3.14. The van der Waals surface area contributed by atoms with Gasteiger partial charge >= 0.3 is 0 Å². The minimum atomic E-state index is -0.300. The monoisotopic (exact) mass is 224 g/mol. The van der Waals surface area contributed by atoms with Crippen molar-refractivity contribution < 1.29 is 4.79 Å². The van der Waals surface area contributed by atoms with Crippen molar-refractivity contribution >= 4 is 5.91 Å². The van der Waals surface area contributed by atoms with Crippen LogP contribution < -0.4 is 11.1 Å². The number of carbonyl (C=O) groups is 1. The van der Waals surface area contributed by atoms with Crippen molar-refractivity contribution in [2.45, 2.75) is 70.4 Å². The van der Waals surface area contributed by atoms with E-state index in [-0.39, 0.29) is 11.9 Å². The smallest absolute Gasteiger partial charge is 0.237 e. The van der Waals surface area contributed by atoms with Gasteiger partial charge in [0.25, 0.3) is 0 Å². The molecule has 2 unspecified atom stereocenters. The average molecular weight is 224 g/mol. The van der Waals surface area contributed by atoms with Crippen LogP contribution in [-0.4, -0.2) is 18.0 Å². The highest BCUT2D eigenvalue weighted by Gasteiger charge is 2.54. The fraction of sp³-hybridized carbons (Fsp3) is 0.923. The molecule has 92 valence electrons. The topological polar surface area (TPSA) is 55.1 Å². The van der Waals surface area contributed by atoms with Gasteiger partial charge in [-0.2, -0.15) is 0 Å². The number of amides is 1. The van der Waals surface area contributed by atoms with Crippen molar-refractivity contribution in [3.05, 3.63) is 0 Å². The minimum absolute atomic E-state index is 0.0642. The summed E-state index contributed by atoms with van der Waals surface area (Å²) in [5.41, 5.74) is 6.28. The third-order valence-corrected chi connectivity index (χ3v) is 4.29. The third kappa shape index (κ3) is 2.40. The molecule has 0 aromatic heterocycles. The van der Waals surface area contributed by atoms with Crippen molar-refractivity contribution in [1.82, 2.24) is 5.32 Å². The molecule has 1 amide bonds. The van der Waals surface area contributed by atoms with Crippen molar-refractivity contribution in [3.8, 4) is 0 Å². The first-order valence-electron chi connectivity index (χ1n) is 6.74. The van der Waals surface area contributed by atoms with Crippen LogP contribution in [0.4, 0.5) is 0 Å². The highest BCUT2D eigenvalue weighted by atomic mass is 16.2. The Labute approximate surface area is 98.2 Å². The lowest BCUT2D eigenvalue weighted by molar-refractivity contribution is -0.122. The average Bonchev–Trinajstić information content (AvgIpc) is 2.92. The third-order valence-electron chi connectivity index (χ3n) is 4.29. The molecule has 2 fully saturated rings. The van der Waals surface area contributed by atoms with Gasteiger partial charge < -0.3 is 11.1 Å². The van der Waals surface area contributed by atoms with Gasteiger partial charge in [0.05, 0.1) is 6.04 Å². The van der Waals surface area contributed by atoms with Gasteiger partial charge in [0, 0.05) is 6.04 Å². The number of hydrogen-bond donors (Lipinski definition) is 2. The molecule has 0 aromatic rings. The predicted octanol–water partition coefficient (Wildman–Crippen LogP) is 1.95. The molecular formula is C13H24N2O. The molecule has 0 heterocycles. The van der Waals surface area contributed by atoms with Gasteiger partial charge in [-0.25, -0.2) is 0 Å². The maximum atomic E-state index is 11.8. The molecule has 3 N–H and O–H groups in total. The maximum absolute atomic E-state index is 11.8. The molecule has 2 aliphatic carbocycles. The van der Waals surface area contributed by atoms with E-state index in [0.717, 1.165) is 12.8 Å². The number of carbonyl (C=O) groups excluding carboxylic acids is 1. The number of hydrogen-bond acceptors (Lipinski definition) is 2. The Balaban J connectivity index is 1.77. The molecule has 2 rings (SSSR count). The molecule has 3 heteroatoms. The quantitative estimate of drug-likeness (QED) is 0.767. The van der Waals surface area contributed by atoms with E-state index in [1.807, 2.05) is 0 Å². The van der Waals surface area contributed by atoms with Gasteiger partial charge in [0.2, 0.25) is 5.91 Å². The van der Waals surface area contributed by atoms with E-state index in [9.17, 15) is 4.79 Å². The SMILES string of the molecule is CCCC(N)C(=O)NC1CC12CCCCC2. The van der Waals surface area contributed by atoms with Crippen LogP contribution in [0.1, 0.15) is 58.3 Å². The van der Waals surface area contributed by atoms with Crippen molar-refractivity contribution in [1.29, 1.82) is 0 Å². The van der Waals surface area contributed by atoms with Gasteiger partial charge in [-0.15, -0.1) is 0 Å². The van der Waals surface area contributed by atoms with Gasteiger partial charge in [-0.05, 0) is 31.1 Å². The largest absolute Gasteiger partial charge is 0.351 e. The first-order chi connectivity index (χ1) is 7.68. The zero-order valence-electron chi connectivity index (χ0n) is 10.3. The summed E-state index contributed by atoms with van der Waals surface area (Å²) >= 11 is 0. The zero-order valence-corrected chi connectivity index (χ0v) is 10.3. The van der Waals surface area contributed by atoms with Crippen molar-refractivity contribution in [2.75, 3.05) is 0 Å². The highest BCUT2D eigenvalue weighted by molar-refractivity contribution is 5.82. The maximum Gasteiger partial charge on any atom is 0.237 e. The standard InChI is InChI=1S/C13H24N2O/c1-2-6-10(14)12(16)15-11-9-13(11)7-4-3-5-8-13/h10-11H,2-9,14H2,1H3,(H,15,16).